The minimum absolute atomic E-state index is 0.326. The standard InChI is InChI=1S/C18H20ClNO3S2/c1-18(2,3)25(21)20-16(12-5-4-6-14(19)9-12)13-10-15(24-11-13)17-22-7-8-23-17/h4-6,9-11,17H,7-8H2,1-3H3. The van der Waals surface area contributed by atoms with Crippen molar-refractivity contribution in [3.05, 3.63) is 56.7 Å². The van der Waals surface area contributed by atoms with Crippen molar-refractivity contribution in [1.82, 2.24) is 0 Å². The maximum absolute atomic E-state index is 12.6. The van der Waals surface area contributed by atoms with Gasteiger partial charge >= 0.3 is 0 Å². The molecule has 134 valence electrons. The lowest BCUT2D eigenvalue weighted by atomic mass is 10.1. The van der Waals surface area contributed by atoms with Crippen molar-refractivity contribution < 1.29 is 13.7 Å². The first-order valence-electron chi connectivity index (χ1n) is 7.93. The fraction of sp³-hybridized carbons (Fsp3) is 0.389. The van der Waals surface area contributed by atoms with Crippen LogP contribution in [0.15, 0.2) is 40.1 Å². The van der Waals surface area contributed by atoms with Crippen molar-refractivity contribution in [2.24, 2.45) is 4.40 Å². The number of nitrogens with zero attached hydrogens (tertiary/aromatic N) is 1. The van der Waals surface area contributed by atoms with Crippen molar-refractivity contribution in [2.75, 3.05) is 13.2 Å². The minimum atomic E-state index is -1.38. The molecule has 3 rings (SSSR count). The normalized spacial score (nSPS) is 17.8. The van der Waals surface area contributed by atoms with Crippen LogP contribution in [-0.2, 0) is 20.5 Å². The molecule has 7 heteroatoms. The summed E-state index contributed by atoms with van der Waals surface area (Å²) in [5.41, 5.74) is 2.39. The lowest BCUT2D eigenvalue weighted by Crippen LogP contribution is -2.21. The highest BCUT2D eigenvalue weighted by Gasteiger charge is 2.24. The average molecular weight is 398 g/mol. The van der Waals surface area contributed by atoms with E-state index in [-0.39, 0.29) is 6.29 Å². The zero-order chi connectivity index (χ0) is 18.0. The second-order valence-electron chi connectivity index (χ2n) is 6.62. The first kappa shape index (κ1) is 18.7. The molecule has 0 spiro atoms. The van der Waals surface area contributed by atoms with E-state index < -0.39 is 15.7 Å². The summed E-state index contributed by atoms with van der Waals surface area (Å²) < 4.78 is 27.8. The van der Waals surface area contributed by atoms with Crippen molar-refractivity contribution in [1.29, 1.82) is 0 Å². The topological polar surface area (TPSA) is 47.9 Å². The Balaban J connectivity index is 2.02. The Labute approximate surface area is 159 Å². The second kappa shape index (κ2) is 7.68. The molecule has 0 aliphatic carbocycles. The maximum atomic E-state index is 12.6. The molecule has 0 saturated carbocycles. The van der Waals surface area contributed by atoms with Crippen molar-refractivity contribution >= 4 is 39.6 Å². The summed E-state index contributed by atoms with van der Waals surface area (Å²) in [4.78, 5) is 0.976. The van der Waals surface area contributed by atoms with E-state index in [9.17, 15) is 4.21 Å². The number of thiophene rings is 1. The lowest BCUT2D eigenvalue weighted by Gasteiger charge is -2.15. The van der Waals surface area contributed by atoms with Gasteiger partial charge in [0.25, 0.3) is 0 Å². The van der Waals surface area contributed by atoms with Gasteiger partial charge in [0.05, 0.1) is 28.5 Å². The van der Waals surface area contributed by atoms with Gasteiger partial charge in [0.15, 0.2) is 6.29 Å². The number of benzene rings is 1. The molecule has 0 bridgehead atoms. The molecule has 25 heavy (non-hydrogen) atoms. The predicted octanol–water partition coefficient (Wildman–Crippen LogP) is 4.75. The van der Waals surface area contributed by atoms with E-state index in [1.807, 2.05) is 56.5 Å². The summed E-state index contributed by atoms with van der Waals surface area (Å²) in [5.74, 6) is 0. The maximum Gasteiger partial charge on any atom is 0.193 e. The summed E-state index contributed by atoms with van der Waals surface area (Å²) in [6.07, 6.45) is -0.326. The van der Waals surface area contributed by atoms with Crippen molar-refractivity contribution in [2.45, 2.75) is 31.8 Å². The van der Waals surface area contributed by atoms with Gasteiger partial charge in [0.1, 0.15) is 11.0 Å². The molecule has 2 heterocycles. The Morgan fingerprint density at radius 1 is 1.24 bits per heavy atom. The van der Waals surface area contributed by atoms with E-state index in [4.69, 9.17) is 21.1 Å². The smallest absolute Gasteiger partial charge is 0.193 e. The first-order valence-corrected chi connectivity index (χ1v) is 10.3. The number of rotatable bonds is 4. The molecule has 1 aliphatic heterocycles. The molecule has 1 saturated heterocycles. The highest BCUT2D eigenvalue weighted by atomic mass is 35.5. The third-order valence-corrected chi connectivity index (χ3v) is 6.13. The van der Waals surface area contributed by atoms with Gasteiger partial charge in [-0.15, -0.1) is 11.3 Å². The van der Waals surface area contributed by atoms with Gasteiger partial charge in [0, 0.05) is 21.5 Å². The summed E-state index contributed by atoms with van der Waals surface area (Å²) in [5, 5.41) is 2.60. The average Bonchev–Trinajstić information content (AvgIpc) is 3.22. The fourth-order valence-electron chi connectivity index (χ4n) is 2.25. The number of hydrogen-bond acceptors (Lipinski definition) is 4. The zero-order valence-electron chi connectivity index (χ0n) is 14.3. The molecule has 1 aliphatic rings. The molecule has 4 nitrogen and oxygen atoms in total. The van der Waals surface area contributed by atoms with E-state index in [0.29, 0.717) is 23.9 Å². The van der Waals surface area contributed by atoms with Gasteiger partial charge in [-0.2, -0.15) is 4.40 Å². The number of ether oxygens (including phenoxy) is 2. The molecule has 1 aromatic carbocycles. The van der Waals surface area contributed by atoms with Crippen LogP contribution in [0.1, 0.15) is 43.1 Å². The second-order valence-corrected chi connectivity index (χ2v) is 9.91. The summed E-state index contributed by atoms with van der Waals surface area (Å²) >= 11 is 7.69. The molecular formula is C18H20ClNO3S2. The largest absolute Gasteiger partial charge is 0.345 e. The van der Waals surface area contributed by atoms with Gasteiger partial charge in [-0.3, -0.25) is 0 Å². The molecule has 0 amide bonds. The van der Waals surface area contributed by atoms with E-state index in [0.717, 1.165) is 16.0 Å². The van der Waals surface area contributed by atoms with Crippen LogP contribution in [0.25, 0.3) is 0 Å². The SMILES string of the molecule is CC(C)(C)S(=O)N=C(c1cccc(Cl)c1)c1csc(C2OCCO2)c1. The van der Waals surface area contributed by atoms with Crippen molar-refractivity contribution in [3.8, 4) is 0 Å². The quantitative estimate of drug-likeness (QED) is 0.699. The van der Waals surface area contributed by atoms with Gasteiger partial charge < -0.3 is 9.47 Å². The van der Waals surface area contributed by atoms with Crippen LogP contribution in [0.3, 0.4) is 0 Å². The Hall–Kier alpha value is -1.05. The summed E-state index contributed by atoms with van der Waals surface area (Å²) in [6, 6.07) is 9.41. The number of halogens is 1. The van der Waals surface area contributed by atoms with E-state index in [1.165, 1.54) is 0 Å². The Morgan fingerprint density at radius 2 is 1.96 bits per heavy atom. The molecule has 2 aromatic rings. The fourth-order valence-corrected chi connectivity index (χ4v) is 3.98. The minimum Gasteiger partial charge on any atom is -0.345 e. The van der Waals surface area contributed by atoms with Crippen LogP contribution in [0.5, 0.6) is 0 Å². The lowest BCUT2D eigenvalue weighted by molar-refractivity contribution is -0.0413. The third kappa shape index (κ3) is 4.57. The highest BCUT2D eigenvalue weighted by molar-refractivity contribution is 7.85. The zero-order valence-corrected chi connectivity index (χ0v) is 16.7. The van der Waals surface area contributed by atoms with Crippen LogP contribution in [0, 0.1) is 0 Å². The van der Waals surface area contributed by atoms with Crippen molar-refractivity contribution in [3.63, 3.8) is 0 Å². The van der Waals surface area contributed by atoms with Gasteiger partial charge in [-0.25, -0.2) is 4.21 Å². The third-order valence-electron chi connectivity index (χ3n) is 3.54. The molecule has 1 fully saturated rings. The predicted molar refractivity (Wildman–Crippen MR) is 104 cm³/mol. The van der Waals surface area contributed by atoms with Crippen LogP contribution < -0.4 is 0 Å². The van der Waals surface area contributed by atoms with Crippen LogP contribution >= 0.6 is 22.9 Å². The van der Waals surface area contributed by atoms with Gasteiger partial charge in [-0.05, 0) is 39.0 Å². The van der Waals surface area contributed by atoms with Crippen LogP contribution in [-0.4, -0.2) is 27.9 Å². The van der Waals surface area contributed by atoms with E-state index >= 15 is 0 Å². The monoisotopic (exact) mass is 397 g/mol. The molecule has 0 radical (unpaired) electrons. The Morgan fingerprint density at radius 3 is 2.60 bits per heavy atom. The van der Waals surface area contributed by atoms with Crippen LogP contribution in [0.2, 0.25) is 5.02 Å². The number of hydrogen-bond donors (Lipinski definition) is 0. The molecule has 1 aromatic heterocycles. The molecule has 1 atom stereocenters. The highest BCUT2D eigenvalue weighted by Crippen LogP contribution is 2.30. The van der Waals surface area contributed by atoms with Gasteiger partial charge in [-0.1, -0.05) is 23.7 Å². The molecular weight excluding hydrogens is 378 g/mol. The Bertz CT molecular complexity index is 805. The van der Waals surface area contributed by atoms with Gasteiger partial charge in [0.2, 0.25) is 0 Å². The van der Waals surface area contributed by atoms with E-state index in [1.54, 1.807) is 11.3 Å². The molecule has 0 N–H and O–H groups in total. The van der Waals surface area contributed by atoms with Crippen LogP contribution in [0.4, 0.5) is 0 Å². The summed E-state index contributed by atoms with van der Waals surface area (Å²) in [7, 11) is -1.38. The molecule has 1 unspecified atom stereocenters. The first-order chi connectivity index (χ1) is 11.8. The Kier molecular flexibility index (Phi) is 5.75. The van der Waals surface area contributed by atoms with E-state index in [2.05, 4.69) is 4.40 Å². The summed E-state index contributed by atoms with van der Waals surface area (Å²) in [6.45, 7) is 6.91.